The number of nitrogens with one attached hydrogen (secondary N) is 1. The third-order valence-electron chi connectivity index (χ3n) is 2.39. The molecule has 1 aromatic rings. The number of para-hydroxylation sites is 1. The van der Waals surface area contributed by atoms with Gasteiger partial charge in [0.1, 0.15) is 5.84 Å². The maximum absolute atomic E-state index is 5.65. The maximum Gasteiger partial charge on any atom is 0.101 e. The van der Waals surface area contributed by atoms with Crippen molar-refractivity contribution in [3.63, 3.8) is 0 Å². The molecule has 0 saturated carbocycles. The van der Waals surface area contributed by atoms with E-state index in [9.17, 15) is 0 Å². The molecule has 1 heterocycles. The molecule has 1 aliphatic heterocycles. The van der Waals surface area contributed by atoms with E-state index in [4.69, 9.17) is 5.73 Å². The second kappa shape index (κ2) is 4.24. The summed E-state index contributed by atoms with van der Waals surface area (Å²) < 4.78 is 0. The molecule has 0 bridgehead atoms. The lowest BCUT2D eigenvalue weighted by molar-refractivity contribution is 0.951. The molecule has 0 aromatic heterocycles. The lowest BCUT2D eigenvalue weighted by Crippen LogP contribution is -2.11. The Morgan fingerprint density at radius 3 is 2.93 bits per heavy atom. The number of anilines is 1. The van der Waals surface area contributed by atoms with Gasteiger partial charge in [0.25, 0.3) is 0 Å². The Bertz CT molecular complexity index is 344. The minimum atomic E-state index is 0.566. The summed E-state index contributed by atoms with van der Waals surface area (Å²) in [6.07, 6.45) is 2.21. The number of amidine groups is 1. The van der Waals surface area contributed by atoms with E-state index in [0.717, 1.165) is 36.5 Å². The molecule has 3 N–H and O–H groups in total. The van der Waals surface area contributed by atoms with Crippen LogP contribution in [0.1, 0.15) is 18.4 Å². The number of rotatable bonds is 2. The van der Waals surface area contributed by atoms with Crippen LogP contribution in [-0.4, -0.2) is 12.4 Å². The summed E-state index contributed by atoms with van der Waals surface area (Å²) in [6.45, 7) is 1.52. The van der Waals surface area contributed by atoms with E-state index < -0.39 is 0 Å². The molecule has 1 aliphatic rings. The molecule has 1 aromatic carbocycles. The molecule has 74 valence electrons. The van der Waals surface area contributed by atoms with Gasteiger partial charge in [0.2, 0.25) is 0 Å². The molecule has 14 heavy (non-hydrogen) atoms. The van der Waals surface area contributed by atoms with Crippen molar-refractivity contribution >= 4 is 11.5 Å². The van der Waals surface area contributed by atoms with Crippen molar-refractivity contribution in [1.29, 1.82) is 0 Å². The molecule has 3 nitrogen and oxygen atoms in total. The Hall–Kier alpha value is -1.35. The SMILES string of the molecule is NCc1ccccc1NC1=NCCC1. The second-order valence-electron chi connectivity index (χ2n) is 3.42. The molecule has 0 amide bonds. The summed E-state index contributed by atoms with van der Waals surface area (Å²) in [4.78, 5) is 4.37. The first-order valence-electron chi connectivity index (χ1n) is 4.98. The van der Waals surface area contributed by atoms with Gasteiger partial charge in [0, 0.05) is 25.2 Å². The van der Waals surface area contributed by atoms with E-state index >= 15 is 0 Å². The molecule has 0 saturated heterocycles. The van der Waals surface area contributed by atoms with Crippen LogP contribution in [0.3, 0.4) is 0 Å². The van der Waals surface area contributed by atoms with Gasteiger partial charge in [-0.25, -0.2) is 0 Å². The monoisotopic (exact) mass is 189 g/mol. The van der Waals surface area contributed by atoms with Crippen LogP contribution in [0.15, 0.2) is 29.3 Å². The zero-order valence-electron chi connectivity index (χ0n) is 8.16. The van der Waals surface area contributed by atoms with Crippen molar-refractivity contribution in [1.82, 2.24) is 0 Å². The highest BCUT2D eigenvalue weighted by molar-refractivity contribution is 5.96. The van der Waals surface area contributed by atoms with Gasteiger partial charge in [-0.1, -0.05) is 18.2 Å². The van der Waals surface area contributed by atoms with Gasteiger partial charge in [-0.2, -0.15) is 0 Å². The highest BCUT2D eigenvalue weighted by Crippen LogP contribution is 2.16. The normalized spacial score (nSPS) is 15.4. The minimum Gasteiger partial charge on any atom is -0.344 e. The number of benzene rings is 1. The third kappa shape index (κ3) is 1.93. The molecule has 0 unspecified atom stereocenters. The van der Waals surface area contributed by atoms with Crippen molar-refractivity contribution in [2.75, 3.05) is 11.9 Å². The predicted molar refractivity (Wildman–Crippen MR) is 59.5 cm³/mol. The van der Waals surface area contributed by atoms with Crippen LogP contribution >= 0.6 is 0 Å². The van der Waals surface area contributed by atoms with E-state index in [-0.39, 0.29) is 0 Å². The number of hydrogen-bond donors (Lipinski definition) is 2. The van der Waals surface area contributed by atoms with E-state index in [1.165, 1.54) is 0 Å². The number of hydrogen-bond acceptors (Lipinski definition) is 3. The summed E-state index contributed by atoms with van der Waals surface area (Å²) in [5, 5.41) is 3.33. The molecular formula is C11H15N3. The fourth-order valence-electron chi connectivity index (χ4n) is 1.62. The first-order valence-corrected chi connectivity index (χ1v) is 4.98. The zero-order chi connectivity index (χ0) is 9.80. The van der Waals surface area contributed by atoms with E-state index in [1.54, 1.807) is 0 Å². The Labute approximate surface area is 84.0 Å². The number of aliphatic imine (C=N–C) groups is 1. The predicted octanol–water partition coefficient (Wildman–Crippen LogP) is 1.75. The van der Waals surface area contributed by atoms with E-state index in [2.05, 4.69) is 10.3 Å². The first kappa shape index (κ1) is 9.21. The van der Waals surface area contributed by atoms with Crippen molar-refractivity contribution in [3.05, 3.63) is 29.8 Å². The van der Waals surface area contributed by atoms with E-state index in [1.807, 2.05) is 24.3 Å². The van der Waals surface area contributed by atoms with Gasteiger partial charge in [-0.05, 0) is 18.1 Å². The highest BCUT2D eigenvalue weighted by atomic mass is 15.0. The summed E-state index contributed by atoms with van der Waals surface area (Å²) >= 11 is 0. The molecular weight excluding hydrogens is 174 g/mol. The molecule has 0 spiro atoms. The van der Waals surface area contributed by atoms with Gasteiger partial charge >= 0.3 is 0 Å². The van der Waals surface area contributed by atoms with Crippen LogP contribution in [-0.2, 0) is 6.54 Å². The highest BCUT2D eigenvalue weighted by Gasteiger charge is 2.07. The van der Waals surface area contributed by atoms with Crippen molar-refractivity contribution in [2.24, 2.45) is 10.7 Å². The fraction of sp³-hybridized carbons (Fsp3) is 0.364. The van der Waals surface area contributed by atoms with Crippen LogP contribution < -0.4 is 11.1 Å². The van der Waals surface area contributed by atoms with Gasteiger partial charge < -0.3 is 11.1 Å². The molecule has 0 aliphatic carbocycles. The quantitative estimate of drug-likeness (QED) is 0.744. The van der Waals surface area contributed by atoms with Crippen LogP contribution in [0.5, 0.6) is 0 Å². The van der Waals surface area contributed by atoms with Crippen LogP contribution in [0.2, 0.25) is 0 Å². The van der Waals surface area contributed by atoms with Crippen molar-refractivity contribution in [3.8, 4) is 0 Å². The summed E-state index contributed by atoms with van der Waals surface area (Å²) in [6, 6.07) is 8.10. The Balaban J connectivity index is 2.15. The zero-order valence-corrected chi connectivity index (χ0v) is 8.16. The molecule has 0 atom stereocenters. The average molecular weight is 189 g/mol. The molecule has 3 heteroatoms. The van der Waals surface area contributed by atoms with Gasteiger partial charge in [0.05, 0.1) is 0 Å². The van der Waals surface area contributed by atoms with Crippen LogP contribution in [0, 0.1) is 0 Å². The topological polar surface area (TPSA) is 50.4 Å². The van der Waals surface area contributed by atoms with E-state index in [0.29, 0.717) is 6.54 Å². The standard InChI is InChI=1S/C11H15N3/c12-8-9-4-1-2-5-10(9)14-11-6-3-7-13-11/h1-2,4-5H,3,6-8,12H2,(H,13,14). The van der Waals surface area contributed by atoms with Gasteiger partial charge in [-0.15, -0.1) is 0 Å². The summed E-state index contributed by atoms with van der Waals surface area (Å²) in [5.74, 6) is 1.09. The lowest BCUT2D eigenvalue weighted by Gasteiger charge is -2.09. The average Bonchev–Trinajstić information content (AvgIpc) is 2.71. The second-order valence-corrected chi connectivity index (χ2v) is 3.42. The van der Waals surface area contributed by atoms with Crippen molar-refractivity contribution < 1.29 is 0 Å². The minimum absolute atomic E-state index is 0.566. The molecule has 0 fully saturated rings. The first-order chi connectivity index (χ1) is 6.90. The van der Waals surface area contributed by atoms with Gasteiger partial charge in [0.15, 0.2) is 0 Å². The maximum atomic E-state index is 5.65. The fourth-order valence-corrected chi connectivity index (χ4v) is 1.62. The largest absolute Gasteiger partial charge is 0.344 e. The Morgan fingerprint density at radius 1 is 1.36 bits per heavy atom. The molecule has 2 rings (SSSR count). The third-order valence-corrected chi connectivity index (χ3v) is 2.39. The summed E-state index contributed by atoms with van der Waals surface area (Å²) in [5.41, 5.74) is 7.88. The number of nitrogens with two attached hydrogens (primary N) is 1. The van der Waals surface area contributed by atoms with Crippen LogP contribution in [0.25, 0.3) is 0 Å². The lowest BCUT2D eigenvalue weighted by atomic mass is 10.1. The smallest absolute Gasteiger partial charge is 0.101 e. The van der Waals surface area contributed by atoms with Gasteiger partial charge in [-0.3, -0.25) is 4.99 Å². The summed E-state index contributed by atoms with van der Waals surface area (Å²) in [7, 11) is 0. The van der Waals surface area contributed by atoms with Crippen molar-refractivity contribution in [2.45, 2.75) is 19.4 Å². The molecule has 0 radical (unpaired) electrons. The number of nitrogens with zero attached hydrogens (tertiary/aromatic N) is 1. The van der Waals surface area contributed by atoms with Crippen LogP contribution in [0.4, 0.5) is 5.69 Å². The Kier molecular flexibility index (Phi) is 2.79. The Morgan fingerprint density at radius 2 is 2.21 bits per heavy atom.